The van der Waals surface area contributed by atoms with Gasteiger partial charge in [-0.15, -0.1) is 0 Å². The Morgan fingerprint density at radius 1 is 1.18 bits per heavy atom. The van der Waals surface area contributed by atoms with Crippen LogP contribution in [0.4, 0.5) is 4.39 Å². The van der Waals surface area contributed by atoms with Crippen LogP contribution < -0.4 is 4.72 Å². The number of nitrogens with one attached hydrogen (secondary N) is 1. The number of rotatable bonds is 6. The molecule has 22 heavy (non-hydrogen) atoms. The molecule has 1 saturated heterocycles. The molecule has 1 aliphatic heterocycles. The fourth-order valence-electron chi connectivity index (χ4n) is 2.86. The van der Waals surface area contributed by atoms with Crippen molar-refractivity contribution in [2.45, 2.75) is 43.9 Å². The van der Waals surface area contributed by atoms with Gasteiger partial charge in [-0.2, -0.15) is 0 Å². The molecular formula is C16H25FN2O2S. The molecule has 124 valence electrons. The second-order valence-electron chi connectivity index (χ2n) is 5.92. The van der Waals surface area contributed by atoms with E-state index < -0.39 is 15.8 Å². The van der Waals surface area contributed by atoms with Crippen LogP contribution in [-0.4, -0.2) is 39.5 Å². The standard InChI is InChI=1S/C16H25FN2O2S/c1-14-13-15(17)7-8-16(14)22(20,21)18-9-6-12-19-10-4-2-3-5-11-19/h7-8,13,18H,2-6,9-12H2,1H3. The summed E-state index contributed by atoms with van der Waals surface area (Å²) in [4.78, 5) is 2.56. The number of hydrogen-bond acceptors (Lipinski definition) is 3. The summed E-state index contributed by atoms with van der Waals surface area (Å²) in [5.41, 5.74) is 0.431. The van der Waals surface area contributed by atoms with Gasteiger partial charge in [-0.3, -0.25) is 0 Å². The highest BCUT2D eigenvalue weighted by Gasteiger charge is 2.16. The number of hydrogen-bond donors (Lipinski definition) is 1. The van der Waals surface area contributed by atoms with Gasteiger partial charge in [0.15, 0.2) is 0 Å². The van der Waals surface area contributed by atoms with Crippen LogP contribution >= 0.6 is 0 Å². The van der Waals surface area contributed by atoms with Crippen LogP contribution in [0.3, 0.4) is 0 Å². The molecule has 0 saturated carbocycles. The molecule has 0 aromatic heterocycles. The molecule has 0 amide bonds. The zero-order chi connectivity index (χ0) is 16.0. The van der Waals surface area contributed by atoms with Gasteiger partial charge in [-0.05, 0) is 69.6 Å². The van der Waals surface area contributed by atoms with Crippen molar-refractivity contribution in [3.8, 4) is 0 Å². The van der Waals surface area contributed by atoms with Crippen LogP contribution in [0.5, 0.6) is 0 Å². The van der Waals surface area contributed by atoms with Crippen molar-refractivity contribution < 1.29 is 12.8 Å². The number of benzene rings is 1. The molecule has 0 bridgehead atoms. The first-order valence-corrected chi connectivity index (χ1v) is 9.45. The highest BCUT2D eigenvalue weighted by Crippen LogP contribution is 2.16. The first kappa shape index (κ1) is 17.4. The molecule has 1 fully saturated rings. The van der Waals surface area contributed by atoms with Crippen molar-refractivity contribution in [3.63, 3.8) is 0 Å². The zero-order valence-corrected chi connectivity index (χ0v) is 14.0. The molecule has 6 heteroatoms. The highest BCUT2D eigenvalue weighted by atomic mass is 32.2. The smallest absolute Gasteiger partial charge is 0.240 e. The Morgan fingerprint density at radius 3 is 2.50 bits per heavy atom. The average Bonchev–Trinajstić information content (AvgIpc) is 2.72. The van der Waals surface area contributed by atoms with Crippen LogP contribution in [0.1, 0.15) is 37.7 Å². The van der Waals surface area contributed by atoms with E-state index in [1.54, 1.807) is 6.92 Å². The topological polar surface area (TPSA) is 49.4 Å². The molecule has 0 aliphatic carbocycles. The molecular weight excluding hydrogens is 303 g/mol. The molecule has 4 nitrogen and oxygen atoms in total. The minimum absolute atomic E-state index is 0.156. The lowest BCUT2D eigenvalue weighted by atomic mass is 10.2. The van der Waals surface area contributed by atoms with Gasteiger partial charge in [0, 0.05) is 6.54 Å². The summed E-state index contributed by atoms with van der Waals surface area (Å²) in [5.74, 6) is -0.419. The molecule has 1 aromatic carbocycles. The Morgan fingerprint density at radius 2 is 1.86 bits per heavy atom. The summed E-state index contributed by atoms with van der Waals surface area (Å²) < 4.78 is 40.1. The normalized spacial score (nSPS) is 17.4. The molecule has 0 atom stereocenters. The van der Waals surface area contributed by atoms with Crippen molar-refractivity contribution in [2.75, 3.05) is 26.2 Å². The van der Waals surface area contributed by atoms with Gasteiger partial charge in [0.2, 0.25) is 10.0 Å². The maximum absolute atomic E-state index is 13.1. The van der Waals surface area contributed by atoms with Gasteiger partial charge in [0.05, 0.1) is 4.90 Å². The van der Waals surface area contributed by atoms with Gasteiger partial charge in [0.1, 0.15) is 5.82 Å². The molecule has 1 aromatic rings. The van der Waals surface area contributed by atoms with Crippen LogP contribution in [0.25, 0.3) is 0 Å². The number of aryl methyl sites for hydroxylation is 1. The lowest BCUT2D eigenvalue weighted by Gasteiger charge is -2.19. The van der Waals surface area contributed by atoms with Gasteiger partial charge >= 0.3 is 0 Å². The maximum atomic E-state index is 13.1. The third-order valence-corrected chi connectivity index (χ3v) is 5.69. The predicted molar refractivity (Wildman–Crippen MR) is 85.9 cm³/mol. The lowest BCUT2D eigenvalue weighted by molar-refractivity contribution is 0.282. The zero-order valence-electron chi connectivity index (χ0n) is 13.1. The first-order valence-electron chi connectivity index (χ1n) is 7.97. The summed E-state index contributed by atoms with van der Waals surface area (Å²) in [6.45, 7) is 5.17. The molecule has 1 N–H and O–H groups in total. The van der Waals surface area contributed by atoms with Crippen LogP contribution in [0, 0.1) is 12.7 Å². The molecule has 1 aliphatic rings. The van der Waals surface area contributed by atoms with Crippen molar-refractivity contribution in [1.82, 2.24) is 9.62 Å². The third kappa shape index (κ3) is 5.04. The summed E-state index contributed by atoms with van der Waals surface area (Å²) >= 11 is 0. The van der Waals surface area contributed by atoms with E-state index in [4.69, 9.17) is 0 Å². The summed E-state index contributed by atoms with van der Waals surface area (Å²) in [7, 11) is -3.55. The Hall–Kier alpha value is -0.980. The van der Waals surface area contributed by atoms with E-state index >= 15 is 0 Å². The largest absolute Gasteiger partial charge is 0.303 e. The minimum atomic E-state index is -3.55. The number of sulfonamides is 1. The van der Waals surface area contributed by atoms with Crippen LogP contribution in [0.2, 0.25) is 0 Å². The van der Waals surface area contributed by atoms with Crippen LogP contribution in [-0.2, 0) is 10.0 Å². The van der Waals surface area contributed by atoms with Gasteiger partial charge in [-0.1, -0.05) is 12.8 Å². The van der Waals surface area contributed by atoms with Crippen molar-refractivity contribution >= 4 is 10.0 Å². The Kier molecular flexibility index (Phi) is 6.35. The Balaban J connectivity index is 1.82. The van der Waals surface area contributed by atoms with Crippen LogP contribution in [0.15, 0.2) is 23.1 Å². The SMILES string of the molecule is Cc1cc(F)ccc1S(=O)(=O)NCCCN1CCCCCC1. The first-order chi connectivity index (χ1) is 10.5. The Labute approximate surface area is 132 Å². The van der Waals surface area contributed by atoms with Gasteiger partial charge in [-0.25, -0.2) is 17.5 Å². The van der Waals surface area contributed by atoms with Gasteiger partial charge in [0.25, 0.3) is 0 Å². The van der Waals surface area contributed by atoms with E-state index in [1.165, 1.54) is 43.9 Å². The highest BCUT2D eigenvalue weighted by molar-refractivity contribution is 7.89. The molecule has 0 spiro atoms. The third-order valence-electron chi connectivity index (χ3n) is 4.07. The predicted octanol–water partition coefficient (Wildman–Crippen LogP) is 2.68. The van der Waals surface area contributed by atoms with E-state index in [0.29, 0.717) is 12.1 Å². The van der Waals surface area contributed by atoms with E-state index in [0.717, 1.165) is 26.1 Å². The lowest BCUT2D eigenvalue weighted by Crippen LogP contribution is -2.31. The summed E-state index contributed by atoms with van der Waals surface area (Å²) in [6, 6.07) is 3.74. The van der Waals surface area contributed by atoms with Gasteiger partial charge < -0.3 is 4.90 Å². The fraction of sp³-hybridized carbons (Fsp3) is 0.625. The minimum Gasteiger partial charge on any atom is -0.303 e. The second kappa shape index (κ2) is 8.04. The Bertz CT molecular complexity index is 582. The summed E-state index contributed by atoms with van der Waals surface area (Å²) in [6.07, 6.45) is 5.86. The number of nitrogens with zero attached hydrogens (tertiary/aromatic N) is 1. The summed E-state index contributed by atoms with van der Waals surface area (Å²) in [5, 5.41) is 0. The van der Waals surface area contributed by atoms with Crippen molar-refractivity contribution in [2.24, 2.45) is 0 Å². The van der Waals surface area contributed by atoms with E-state index in [2.05, 4.69) is 9.62 Å². The average molecular weight is 328 g/mol. The fourth-order valence-corrected chi connectivity index (χ4v) is 4.16. The molecule has 2 rings (SSSR count). The van der Waals surface area contributed by atoms with E-state index in [-0.39, 0.29) is 4.90 Å². The van der Waals surface area contributed by atoms with Crippen molar-refractivity contribution in [3.05, 3.63) is 29.6 Å². The molecule has 0 radical (unpaired) electrons. The number of likely N-dealkylation sites (tertiary alicyclic amines) is 1. The monoisotopic (exact) mass is 328 g/mol. The quantitative estimate of drug-likeness (QED) is 0.817. The molecule has 1 heterocycles. The van der Waals surface area contributed by atoms with E-state index in [9.17, 15) is 12.8 Å². The second-order valence-corrected chi connectivity index (χ2v) is 7.65. The maximum Gasteiger partial charge on any atom is 0.240 e. The number of halogens is 1. The van der Waals surface area contributed by atoms with E-state index in [1.807, 2.05) is 0 Å². The van der Waals surface area contributed by atoms with Crippen molar-refractivity contribution in [1.29, 1.82) is 0 Å². The molecule has 0 unspecified atom stereocenters.